The van der Waals surface area contributed by atoms with Gasteiger partial charge in [-0.1, -0.05) is 93.3 Å². The Morgan fingerprint density at radius 2 is 1.53 bits per heavy atom. The molecular formula is C43H43IrN3OSi-2. The van der Waals surface area contributed by atoms with Gasteiger partial charge in [0.05, 0.1) is 19.4 Å². The Kier molecular flexibility index (Phi) is 11.1. The molecule has 0 aliphatic carbocycles. The van der Waals surface area contributed by atoms with Gasteiger partial charge in [0.1, 0.15) is 0 Å². The SMILES string of the molecule is CC(C)Cc1cc(-c2[c-]cccc2)ncc1[Si](C)(C)C.Cc1cccc(C)c1-c1ccc2c(n1)oc1c(-c3ccccn3)[c-]cc(C)c12.[Ir]. The van der Waals surface area contributed by atoms with Gasteiger partial charge in [-0.3, -0.25) is 0 Å². The summed E-state index contributed by atoms with van der Waals surface area (Å²) < 4.78 is 6.28. The smallest absolute Gasteiger partial charge is 0.216 e. The molecule has 4 aromatic heterocycles. The summed E-state index contributed by atoms with van der Waals surface area (Å²) >= 11 is 0. The van der Waals surface area contributed by atoms with Crippen LogP contribution in [-0.4, -0.2) is 23.0 Å². The van der Waals surface area contributed by atoms with Crippen LogP contribution < -0.4 is 5.19 Å². The Balaban J connectivity index is 0.000000199. The monoisotopic (exact) mass is 838 g/mol. The van der Waals surface area contributed by atoms with Crippen molar-refractivity contribution >= 4 is 35.3 Å². The fourth-order valence-corrected chi connectivity index (χ4v) is 7.99. The molecule has 7 rings (SSSR count). The molecule has 0 unspecified atom stereocenters. The third kappa shape index (κ3) is 7.83. The first-order valence-corrected chi connectivity index (χ1v) is 20.2. The van der Waals surface area contributed by atoms with Gasteiger partial charge in [0.15, 0.2) is 0 Å². The van der Waals surface area contributed by atoms with Crippen molar-refractivity contribution in [2.75, 3.05) is 0 Å². The minimum absolute atomic E-state index is 0. The Morgan fingerprint density at radius 1 is 0.776 bits per heavy atom. The summed E-state index contributed by atoms with van der Waals surface area (Å²) in [7, 11) is -1.34. The van der Waals surface area contributed by atoms with Crippen molar-refractivity contribution in [2.45, 2.75) is 60.7 Å². The van der Waals surface area contributed by atoms with Crippen LogP contribution in [-0.2, 0) is 26.5 Å². The molecule has 0 saturated heterocycles. The summed E-state index contributed by atoms with van der Waals surface area (Å²) in [5.41, 5.74) is 12.4. The molecule has 0 fully saturated rings. The van der Waals surface area contributed by atoms with E-state index in [1.165, 1.54) is 21.9 Å². The second-order valence-corrected chi connectivity index (χ2v) is 19.1. The molecule has 251 valence electrons. The zero-order valence-electron chi connectivity index (χ0n) is 29.6. The number of rotatable bonds is 6. The fourth-order valence-electron chi connectivity index (χ4n) is 6.40. The molecule has 0 bridgehead atoms. The number of benzene rings is 3. The molecule has 0 amide bonds. The largest absolute Gasteiger partial charge is 0.486 e. The van der Waals surface area contributed by atoms with Crippen molar-refractivity contribution in [3.05, 3.63) is 132 Å². The first-order chi connectivity index (χ1) is 23.0. The van der Waals surface area contributed by atoms with Crippen molar-refractivity contribution in [1.82, 2.24) is 15.0 Å². The van der Waals surface area contributed by atoms with Crippen molar-refractivity contribution in [3.63, 3.8) is 0 Å². The van der Waals surface area contributed by atoms with Crippen molar-refractivity contribution in [1.29, 1.82) is 0 Å². The third-order valence-corrected chi connectivity index (χ3v) is 10.7. The maximum Gasteiger partial charge on any atom is 0.216 e. The van der Waals surface area contributed by atoms with Crippen LogP contribution in [0.1, 0.15) is 36.1 Å². The number of nitrogens with zero attached hydrogens (tertiary/aromatic N) is 3. The molecule has 3 aromatic carbocycles. The van der Waals surface area contributed by atoms with Crippen LogP contribution in [0.15, 0.2) is 102 Å². The molecular weight excluding hydrogens is 795 g/mol. The topological polar surface area (TPSA) is 51.8 Å². The summed E-state index contributed by atoms with van der Waals surface area (Å²) in [6, 6.07) is 35.3. The number of hydrogen-bond acceptors (Lipinski definition) is 4. The minimum atomic E-state index is -1.34. The molecule has 49 heavy (non-hydrogen) atoms. The molecule has 0 aliphatic heterocycles. The molecule has 0 atom stereocenters. The van der Waals surface area contributed by atoms with Gasteiger partial charge in [-0.05, 0) is 72.1 Å². The number of furan rings is 1. The van der Waals surface area contributed by atoms with Crippen molar-refractivity contribution < 1.29 is 24.5 Å². The first kappa shape index (κ1) is 36.1. The molecule has 0 saturated carbocycles. The summed E-state index contributed by atoms with van der Waals surface area (Å²) in [6.07, 6.45) is 5.02. The van der Waals surface area contributed by atoms with E-state index in [0.717, 1.165) is 62.1 Å². The minimum Gasteiger partial charge on any atom is -0.486 e. The Labute approximate surface area is 305 Å². The summed E-state index contributed by atoms with van der Waals surface area (Å²) in [5.74, 6) is 0.667. The molecule has 6 heteroatoms. The predicted octanol–water partition coefficient (Wildman–Crippen LogP) is 10.7. The molecule has 0 spiro atoms. The molecule has 0 aliphatic rings. The van der Waals surface area contributed by atoms with Gasteiger partial charge in [0.2, 0.25) is 5.71 Å². The maximum absolute atomic E-state index is 6.28. The maximum atomic E-state index is 6.28. The van der Waals surface area contributed by atoms with Gasteiger partial charge in [0, 0.05) is 43.4 Å². The Morgan fingerprint density at radius 3 is 2.18 bits per heavy atom. The predicted molar refractivity (Wildman–Crippen MR) is 203 cm³/mol. The quantitative estimate of drug-likeness (QED) is 0.124. The van der Waals surface area contributed by atoms with Crippen LogP contribution in [0, 0.1) is 38.8 Å². The van der Waals surface area contributed by atoms with Crippen LogP contribution in [0.3, 0.4) is 0 Å². The molecule has 4 heterocycles. The van der Waals surface area contributed by atoms with Gasteiger partial charge in [-0.2, -0.15) is 0 Å². The number of aryl methyl sites for hydroxylation is 3. The van der Waals surface area contributed by atoms with E-state index in [9.17, 15) is 0 Å². The van der Waals surface area contributed by atoms with E-state index in [2.05, 4.69) is 125 Å². The van der Waals surface area contributed by atoms with Gasteiger partial charge < -0.3 is 14.4 Å². The molecule has 0 N–H and O–H groups in total. The van der Waals surface area contributed by atoms with E-state index in [4.69, 9.17) is 9.40 Å². The van der Waals surface area contributed by atoms with Crippen LogP contribution in [0.4, 0.5) is 0 Å². The van der Waals surface area contributed by atoms with Crippen molar-refractivity contribution in [3.8, 4) is 33.8 Å². The van der Waals surface area contributed by atoms with E-state index in [1.54, 1.807) is 6.20 Å². The molecule has 1 radical (unpaired) electrons. The van der Waals surface area contributed by atoms with E-state index >= 15 is 0 Å². The van der Waals surface area contributed by atoms with E-state index in [0.29, 0.717) is 11.6 Å². The summed E-state index contributed by atoms with van der Waals surface area (Å²) in [5, 5.41) is 3.59. The van der Waals surface area contributed by atoms with Crippen LogP contribution >= 0.6 is 0 Å². The van der Waals surface area contributed by atoms with Crippen molar-refractivity contribution in [2.24, 2.45) is 5.92 Å². The van der Waals surface area contributed by atoms with E-state index < -0.39 is 8.07 Å². The Hall–Kier alpha value is -4.22. The average Bonchev–Trinajstić information content (AvgIpc) is 3.45. The normalized spacial score (nSPS) is 11.4. The summed E-state index contributed by atoms with van der Waals surface area (Å²) in [4.78, 5) is 14.0. The van der Waals surface area contributed by atoms with Gasteiger partial charge in [-0.15, -0.1) is 53.6 Å². The number of pyridine rings is 3. The van der Waals surface area contributed by atoms with Crippen LogP contribution in [0.25, 0.3) is 55.8 Å². The zero-order valence-corrected chi connectivity index (χ0v) is 33.0. The van der Waals surface area contributed by atoms with Gasteiger partial charge in [-0.25, -0.2) is 4.98 Å². The number of fused-ring (bicyclic) bond motifs is 3. The van der Waals surface area contributed by atoms with E-state index in [-0.39, 0.29) is 20.1 Å². The van der Waals surface area contributed by atoms with E-state index in [1.807, 2.05) is 42.5 Å². The average molecular weight is 838 g/mol. The van der Waals surface area contributed by atoms with Crippen LogP contribution in [0.2, 0.25) is 19.6 Å². The van der Waals surface area contributed by atoms with Crippen LogP contribution in [0.5, 0.6) is 0 Å². The third-order valence-electron chi connectivity index (χ3n) is 8.68. The second-order valence-electron chi connectivity index (χ2n) is 14.0. The Bertz CT molecular complexity index is 2180. The summed E-state index contributed by atoms with van der Waals surface area (Å²) in [6.45, 7) is 18.0. The molecule has 7 aromatic rings. The zero-order chi connectivity index (χ0) is 34.0. The standard InChI is InChI=1S/C25H19N2O.C18H24NSi.Ir/c1-15-7-6-8-16(2)22(15)21-13-12-19-23-17(3)10-11-18(20-9-4-5-14-26-20)24(23)28-25(19)27-21;1-14(2)11-16-12-17(15-9-7-6-8-10-15)19-13-18(16)20(3,4)5;/h4-10,12-14H,1-3H3;6-9,12-14H,11H2,1-5H3;/q2*-1;. The fraction of sp³-hybridized carbons (Fsp3) is 0.233. The van der Waals surface area contributed by atoms with Gasteiger partial charge >= 0.3 is 0 Å². The second kappa shape index (κ2) is 15.1. The van der Waals surface area contributed by atoms with Gasteiger partial charge in [0.25, 0.3) is 0 Å². The molecule has 4 nitrogen and oxygen atoms in total. The number of aromatic nitrogens is 3. The number of hydrogen-bond donors (Lipinski definition) is 0. The first-order valence-electron chi connectivity index (χ1n) is 16.7.